The minimum absolute atomic E-state index is 0.0221. The molecule has 6 nitrogen and oxygen atoms in total. The zero-order valence-electron chi connectivity index (χ0n) is 17.4. The van der Waals surface area contributed by atoms with Gasteiger partial charge < -0.3 is 4.90 Å². The largest absolute Gasteiger partial charge is 0.334 e. The lowest BCUT2D eigenvalue weighted by Gasteiger charge is -2.36. The first-order valence-corrected chi connectivity index (χ1v) is 11.2. The van der Waals surface area contributed by atoms with Crippen LogP contribution in [0.25, 0.3) is 0 Å². The van der Waals surface area contributed by atoms with E-state index in [-0.39, 0.29) is 28.3 Å². The molecule has 8 heteroatoms. The van der Waals surface area contributed by atoms with E-state index in [1.165, 1.54) is 21.6 Å². The number of likely N-dealkylation sites (N-methyl/N-ethyl adjacent to an activating group) is 2. The summed E-state index contributed by atoms with van der Waals surface area (Å²) in [5, 5.41) is 0.854. The topological polar surface area (TPSA) is 60.9 Å². The number of hydrogen-bond donors (Lipinski definition) is 0. The Morgan fingerprint density at radius 2 is 1.67 bits per heavy atom. The molecule has 2 aliphatic heterocycles. The van der Waals surface area contributed by atoms with Crippen LogP contribution in [0, 0.1) is 0 Å². The van der Waals surface area contributed by atoms with E-state index < -0.39 is 0 Å². The molecule has 0 radical (unpaired) electrons. The molecule has 0 N–H and O–H groups in total. The number of nitrogens with zero attached hydrogens (tertiary/aromatic N) is 3. The van der Waals surface area contributed by atoms with Crippen LogP contribution in [0.2, 0.25) is 0 Å². The highest BCUT2D eigenvalue weighted by Crippen LogP contribution is 2.48. The van der Waals surface area contributed by atoms with Gasteiger partial charge >= 0.3 is 0 Å². The predicted octanol–water partition coefficient (Wildman–Crippen LogP) is 3.73. The molecule has 3 rings (SSSR count). The van der Waals surface area contributed by atoms with Gasteiger partial charge in [-0.25, -0.2) is 0 Å². The first kappa shape index (κ1) is 22.2. The second kappa shape index (κ2) is 9.14. The molecular formula is C22H25N3O3S2. The van der Waals surface area contributed by atoms with Crippen LogP contribution in [-0.4, -0.2) is 52.1 Å². The summed E-state index contributed by atoms with van der Waals surface area (Å²) in [5.74, 6) is -0.708. The number of thiocarbonyl (C=S) groups is 1. The molecule has 2 heterocycles. The van der Waals surface area contributed by atoms with Crippen LogP contribution in [0.1, 0.15) is 33.6 Å². The lowest BCUT2D eigenvalue weighted by molar-refractivity contribution is -0.133. The standard InChI is InChI=1S/C22H25N3O3S2/c1-5-23-19(27)18(20(28)24(6-2)22(23)29)21-25(13-9-11-16(26)14(3)4)15-10-7-8-12-17(15)30-21/h7-8,10,12H,3,5-6,9,11,13H2,1-2,4H3. The second-order valence-electron chi connectivity index (χ2n) is 7.09. The number of amides is 2. The summed E-state index contributed by atoms with van der Waals surface area (Å²) in [4.78, 5) is 44.3. The van der Waals surface area contributed by atoms with Crippen LogP contribution in [0.4, 0.5) is 5.69 Å². The average Bonchev–Trinajstić information content (AvgIpc) is 3.06. The fraction of sp³-hybridized carbons (Fsp3) is 0.364. The van der Waals surface area contributed by atoms with E-state index >= 15 is 0 Å². The lowest BCUT2D eigenvalue weighted by Crippen LogP contribution is -2.56. The molecule has 158 valence electrons. The van der Waals surface area contributed by atoms with E-state index in [0.717, 1.165) is 10.6 Å². The number of carbonyl (C=O) groups excluding carboxylic acids is 3. The SMILES string of the molecule is C=C(C)C(=O)CCCN1C(=C2C(=O)N(CC)C(=S)N(CC)C2=O)Sc2ccccc21. The number of Topliss-reactive ketones (excluding diaryl/α,β-unsaturated/α-hetero) is 1. The van der Waals surface area contributed by atoms with Crippen LogP contribution in [0.15, 0.2) is 51.9 Å². The summed E-state index contributed by atoms with van der Waals surface area (Å²) in [6.45, 7) is 10.4. The van der Waals surface area contributed by atoms with Crippen LogP contribution >= 0.6 is 24.0 Å². The van der Waals surface area contributed by atoms with Crippen molar-refractivity contribution in [1.29, 1.82) is 0 Å². The quantitative estimate of drug-likeness (QED) is 0.364. The smallest absolute Gasteiger partial charge is 0.268 e. The number of benzene rings is 1. The first-order valence-electron chi connectivity index (χ1n) is 9.96. The van der Waals surface area contributed by atoms with Gasteiger partial charge in [-0.15, -0.1) is 0 Å². The number of anilines is 1. The Labute approximate surface area is 186 Å². The number of allylic oxidation sites excluding steroid dienone is 1. The summed E-state index contributed by atoms with van der Waals surface area (Å²) < 4.78 is 0. The minimum Gasteiger partial charge on any atom is -0.334 e. The van der Waals surface area contributed by atoms with Crippen molar-refractivity contribution in [2.45, 2.75) is 38.5 Å². The molecule has 1 aromatic rings. The third-order valence-electron chi connectivity index (χ3n) is 5.10. The van der Waals surface area contributed by atoms with E-state index in [4.69, 9.17) is 12.2 Å². The zero-order valence-corrected chi connectivity index (χ0v) is 19.1. The summed E-state index contributed by atoms with van der Waals surface area (Å²) in [6.07, 6.45) is 0.961. The fourth-order valence-electron chi connectivity index (χ4n) is 3.48. The molecule has 0 atom stereocenters. The highest BCUT2D eigenvalue weighted by atomic mass is 32.2. The maximum absolute atomic E-state index is 13.2. The number of fused-ring (bicyclic) bond motifs is 1. The number of thioether (sulfide) groups is 1. The molecule has 0 unspecified atom stereocenters. The summed E-state index contributed by atoms with van der Waals surface area (Å²) in [6, 6.07) is 7.79. The van der Waals surface area contributed by atoms with E-state index in [1.807, 2.05) is 43.0 Å². The van der Waals surface area contributed by atoms with Gasteiger partial charge in [0.25, 0.3) is 11.8 Å². The van der Waals surface area contributed by atoms with Crippen LogP contribution < -0.4 is 4.90 Å². The zero-order chi connectivity index (χ0) is 22.0. The highest BCUT2D eigenvalue weighted by molar-refractivity contribution is 8.03. The monoisotopic (exact) mass is 443 g/mol. The molecule has 0 aliphatic carbocycles. The Kier molecular flexibility index (Phi) is 6.77. The Bertz CT molecular complexity index is 942. The number of hydrogen-bond acceptors (Lipinski definition) is 6. The molecule has 0 spiro atoms. The van der Waals surface area contributed by atoms with Crippen molar-refractivity contribution in [3.05, 3.63) is 47.0 Å². The Morgan fingerprint density at radius 1 is 1.07 bits per heavy atom. The number of rotatable bonds is 7. The van der Waals surface area contributed by atoms with Crippen molar-refractivity contribution in [3.8, 4) is 0 Å². The van der Waals surface area contributed by atoms with Gasteiger partial charge in [-0.05, 0) is 57.1 Å². The predicted molar refractivity (Wildman–Crippen MR) is 123 cm³/mol. The molecule has 2 aliphatic rings. The maximum Gasteiger partial charge on any atom is 0.268 e. The lowest BCUT2D eigenvalue weighted by atomic mass is 10.1. The normalized spacial score (nSPS) is 16.5. The van der Waals surface area contributed by atoms with Crippen molar-refractivity contribution < 1.29 is 14.4 Å². The van der Waals surface area contributed by atoms with E-state index in [1.54, 1.807) is 6.92 Å². The van der Waals surface area contributed by atoms with Crippen molar-refractivity contribution in [2.75, 3.05) is 24.5 Å². The number of carbonyl (C=O) groups is 3. The van der Waals surface area contributed by atoms with Crippen molar-refractivity contribution in [1.82, 2.24) is 9.80 Å². The van der Waals surface area contributed by atoms with Crippen molar-refractivity contribution in [3.63, 3.8) is 0 Å². The van der Waals surface area contributed by atoms with E-state index in [0.29, 0.717) is 43.1 Å². The molecule has 0 saturated carbocycles. The molecule has 0 aromatic heterocycles. The molecule has 2 amide bonds. The fourth-order valence-corrected chi connectivity index (χ4v) is 5.11. The Balaban J connectivity index is 2.02. The van der Waals surface area contributed by atoms with Gasteiger partial charge in [0.1, 0.15) is 5.57 Å². The second-order valence-corrected chi connectivity index (χ2v) is 8.49. The molecule has 0 bridgehead atoms. The highest BCUT2D eigenvalue weighted by Gasteiger charge is 2.43. The van der Waals surface area contributed by atoms with Gasteiger partial charge in [-0.2, -0.15) is 0 Å². The third kappa shape index (κ3) is 3.94. The molecule has 1 saturated heterocycles. The summed E-state index contributed by atoms with van der Waals surface area (Å²) >= 11 is 6.79. The molecule has 30 heavy (non-hydrogen) atoms. The van der Waals surface area contributed by atoms with Gasteiger partial charge in [0.15, 0.2) is 10.9 Å². The average molecular weight is 444 g/mol. The maximum atomic E-state index is 13.2. The van der Waals surface area contributed by atoms with E-state index in [9.17, 15) is 14.4 Å². The van der Waals surface area contributed by atoms with Gasteiger partial charge in [0.05, 0.1) is 10.7 Å². The number of ketones is 1. The van der Waals surface area contributed by atoms with Gasteiger partial charge in [0, 0.05) is 31.0 Å². The molecule has 1 fully saturated rings. The first-order chi connectivity index (χ1) is 14.3. The van der Waals surface area contributed by atoms with Crippen LogP contribution in [0.5, 0.6) is 0 Å². The third-order valence-corrected chi connectivity index (χ3v) is 6.72. The summed E-state index contributed by atoms with van der Waals surface area (Å²) in [7, 11) is 0. The summed E-state index contributed by atoms with van der Waals surface area (Å²) in [5.41, 5.74) is 1.61. The van der Waals surface area contributed by atoms with Crippen molar-refractivity contribution in [2.24, 2.45) is 0 Å². The van der Waals surface area contributed by atoms with Gasteiger partial charge in [-0.3, -0.25) is 24.2 Å². The van der Waals surface area contributed by atoms with E-state index in [2.05, 4.69) is 6.58 Å². The Morgan fingerprint density at radius 3 is 2.23 bits per heavy atom. The molecular weight excluding hydrogens is 418 g/mol. The molecule has 1 aromatic carbocycles. The minimum atomic E-state index is -0.365. The number of para-hydroxylation sites is 1. The van der Waals surface area contributed by atoms with Crippen LogP contribution in [0.3, 0.4) is 0 Å². The van der Waals surface area contributed by atoms with Crippen molar-refractivity contribution >= 4 is 52.4 Å². The van der Waals surface area contributed by atoms with Gasteiger partial charge in [0.2, 0.25) is 0 Å². The van der Waals surface area contributed by atoms with Gasteiger partial charge in [-0.1, -0.05) is 30.5 Å². The Hall–Kier alpha value is -2.45. The van der Waals surface area contributed by atoms with Crippen LogP contribution in [-0.2, 0) is 14.4 Å².